The highest BCUT2D eigenvalue weighted by molar-refractivity contribution is 5.98. The molecule has 3 rings (SSSR count). The Balaban J connectivity index is 1.64. The lowest BCUT2D eigenvalue weighted by Gasteiger charge is -2.17. The van der Waals surface area contributed by atoms with Gasteiger partial charge in [0, 0.05) is 24.2 Å². The molecule has 23 heavy (non-hydrogen) atoms. The normalized spacial score (nSPS) is 17.2. The van der Waals surface area contributed by atoms with Gasteiger partial charge >= 0.3 is 0 Å². The van der Waals surface area contributed by atoms with E-state index in [1.54, 1.807) is 36.3 Å². The molecule has 0 bridgehead atoms. The van der Waals surface area contributed by atoms with Crippen LogP contribution in [0.3, 0.4) is 0 Å². The standard InChI is InChI=1S/C18H18N2O3/c1-23-16-9-7-13(8-10-16)18(22)19-14-11-17(21)20(12-14)15-5-3-2-4-6-15/h2-10,14H,11-12H2,1H3,(H,19,22)/t14-/m0/s1. The number of nitrogens with zero attached hydrogens (tertiary/aromatic N) is 1. The van der Waals surface area contributed by atoms with E-state index >= 15 is 0 Å². The van der Waals surface area contributed by atoms with Crippen molar-refractivity contribution < 1.29 is 14.3 Å². The minimum atomic E-state index is -0.183. The molecule has 2 aromatic rings. The molecule has 2 aromatic carbocycles. The Hall–Kier alpha value is -2.82. The number of benzene rings is 2. The van der Waals surface area contributed by atoms with Crippen LogP contribution in [-0.2, 0) is 4.79 Å². The Morgan fingerprint density at radius 1 is 1.13 bits per heavy atom. The van der Waals surface area contributed by atoms with Crippen molar-refractivity contribution in [2.24, 2.45) is 0 Å². The summed E-state index contributed by atoms with van der Waals surface area (Å²) in [5.41, 5.74) is 1.41. The Morgan fingerprint density at radius 3 is 2.48 bits per heavy atom. The molecule has 5 heteroatoms. The summed E-state index contributed by atoms with van der Waals surface area (Å²) in [6, 6.07) is 16.2. The van der Waals surface area contributed by atoms with Gasteiger partial charge in [-0.3, -0.25) is 9.59 Å². The first-order chi connectivity index (χ1) is 11.2. The number of rotatable bonds is 4. The molecule has 1 N–H and O–H groups in total. The van der Waals surface area contributed by atoms with Gasteiger partial charge in [0.25, 0.3) is 5.91 Å². The van der Waals surface area contributed by atoms with Crippen LogP contribution in [0.15, 0.2) is 54.6 Å². The van der Waals surface area contributed by atoms with Crippen molar-refractivity contribution in [3.63, 3.8) is 0 Å². The van der Waals surface area contributed by atoms with Gasteiger partial charge < -0.3 is 15.0 Å². The fourth-order valence-corrected chi connectivity index (χ4v) is 2.67. The minimum absolute atomic E-state index is 0.0243. The van der Waals surface area contributed by atoms with Crippen LogP contribution in [0.1, 0.15) is 16.8 Å². The van der Waals surface area contributed by atoms with Crippen molar-refractivity contribution in [2.75, 3.05) is 18.6 Å². The first-order valence-corrected chi connectivity index (χ1v) is 7.47. The maximum atomic E-state index is 12.3. The number of hydrogen-bond donors (Lipinski definition) is 1. The predicted molar refractivity (Wildman–Crippen MR) is 87.7 cm³/mol. The molecule has 1 fully saturated rings. The quantitative estimate of drug-likeness (QED) is 0.942. The fourth-order valence-electron chi connectivity index (χ4n) is 2.67. The molecule has 5 nitrogen and oxygen atoms in total. The van der Waals surface area contributed by atoms with Crippen LogP contribution in [0.25, 0.3) is 0 Å². The molecule has 1 saturated heterocycles. The second-order valence-corrected chi connectivity index (χ2v) is 5.44. The van der Waals surface area contributed by atoms with Crippen molar-refractivity contribution >= 4 is 17.5 Å². The van der Waals surface area contributed by atoms with Crippen LogP contribution in [0.2, 0.25) is 0 Å². The van der Waals surface area contributed by atoms with Crippen LogP contribution in [0, 0.1) is 0 Å². The van der Waals surface area contributed by atoms with Gasteiger partial charge in [-0.2, -0.15) is 0 Å². The van der Waals surface area contributed by atoms with Crippen LogP contribution in [0.4, 0.5) is 5.69 Å². The number of para-hydroxylation sites is 1. The summed E-state index contributed by atoms with van der Waals surface area (Å²) in [6.45, 7) is 0.491. The van der Waals surface area contributed by atoms with Crippen LogP contribution in [-0.4, -0.2) is 31.5 Å². The average molecular weight is 310 g/mol. The number of hydrogen-bond acceptors (Lipinski definition) is 3. The molecule has 0 aliphatic carbocycles. The Bertz CT molecular complexity index is 698. The summed E-state index contributed by atoms with van der Waals surface area (Å²) in [5.74, 6) is 0.546. The molecule has 1 heterocycles. The van der Waals surface area contributed by atoms with Gasteiger partial charge in [-0.25, -0.2) is 0 Å². The SMILES string of the molecule is COc1ccc(C(=O)N[C@H]2CC(=O)N(c3ccccc3)C2)cc1. The number of carbonyl (C=O) groups excluding carboxylic acids is 2. The number of methoxy groups -OCH3 is 1. The summed E-state index contributed by atoms with van der Waals surface area (Å²) < 4.78 is 5.08. The zero-order valence-electron chi connectivity index (χ0n) is 12.9. The van der Waals surface area contributed by atoms with Gasteiger partial charge in [-0.15, -0.1) is 0 Å². The number of carbonyl (C=O) groups is 2. The van der Waals surface area contributed by atoms with E-state index in [-0.39, 0.29) is 17.9 Å². The lowest BCUT2D eigenvalue weighted by molar-refractivity contribution is -0.117. The Kier molecular flexibility index (Phi) is 4.28. The molecular formula is C18H18N2O3. The summed E-state index contributed by atoms with van der Waals surface area (Å²) in [7, 11) is 1.58. The zero-order chi connectivity index (χ0) is 16.2. The maximum Gasteiger partial charge on any atom is 0.251 e. The average Bonchev–Trinajstić information content (AvgIpc) is 2.96. The predicted octanol–water partition coefficient (Wildman–Crippen LogP) is 2.23. The lowest BCUT2D eigenvalue weighted by Crippen LogP contribution is -2.37. The van der Waals surface area contributed by atoms with Gasteiger partial charge in [0.05, 0.1) is 13.2 Å². The second-order valence-electron chi connectivity index (χ2n) is 5.44. The lowest BCUT2D eigenvalue weighted by atomic mass is 10.2. The summed E-state index contributed by atoms with van der Waals surface area (Å²) in [6.07, 6.45) is 0.316. The summed E-state index contributed by atoms with van der Waals surface area (Å²) in [5, 5.41) is 2.92. The first kappa shape index (κ1) is 15.1. The highest BCUT2D eigenvalue weighted by Gasteiger charge is 2.31. The van der Waals surface area contributed by atoms with Gasteiger partial charge in [0.15, 0.2) is 0 Å². The van der Waals surface area contributed by atoms with Crippen molar-refractivity contribution in [1.82, 2.24) is 5.32 Å². The highest BCUT2D eigenvalue weighted by Crippen LogP contribution is 2.21. The fraction of sp³-hybridized carbons (Fsp3) is 0.222. The molecule has 1 aliphatic rings. The molecule has 1 atom stereocenters. The molecule has 118 valence electrons. The van der Waals surface area contributed by atoms with Crippen molar-refractivity contribution in [2.45, 2.75) is 12.5 Å². The zero-order valence-corrected chi connectivity index (χ0v) is 12.9. The van der Waals surface area contributed by atoms with Gasteiger partial charge in [0.2, 0.25) is 5.91 Å². The second kappa shape index (κ2) is 6.52. The number of anilines is 1. The molecule has 2 amide bonds. The van der Waals surface area contributed by atoms with Crippen molar-refractivity contribution in [3.8, 4) is 5.75 Å². The summed E-state index contributed by atoms with van der Waals surface area (Å²) in [4.78, 5) is 26.1. The van der Waals surface area contributed by atoms with Crippen LogP contribution < -0.4 is 15.0 Å². The smallest absolute Gasteiger partial charge is 0.251 e. The Labute approximate surface area is 134 Å². The van der Waals surface area contributed by atoms with E-state index in [0.29, 0.717) is 24.3 Å². The van der Waals surface area contributed by atoms with Crippen LogP contribution >= 0.6 is 0 Å². The topological polar surface area (TPSA) is 58.6 Å². The third kappa shape index (κ3) is 3.34. The largest absolute Gasteiger partial charge is 0.497 e. The van der Waals surface area contributed by atoms with Crippen LogP contribution in [0.5, 0.6) is 5.75 Å². The van der Waals surface area contributed by atoms with Gasteiger partial charge in [-0.05, 0) is 36.4 Å². The minimum Gasteiger partial charge on any atom is -0.497 e. The van der Waals surface area contributed by atoms with Crippen molar-refractivity contribution in [1.29, 1.82) is 0 Å². The van der Waals surface area contributed by atoms with Gasteiger partial charge in [0.1, 0.15) is 5.75 Å². The monoisotopic (exact) mass is 310 g/mol. The molecule has 0 radical (unpaired) electrons. The van der Waals surface area contributed by atoms with E-state index in [1.807, 2.05) is 30.3 Å². The number of ether oxygens (including phenoxy) is 1. The summed E-state index contributed by atoms with van der Waals surface area (Å²) >= 11 is 0. The third-order valence-electron chi connectivity index (χ3n) is 3.88. The Morgan fingerprint density at radius 2 is 1.83 bits per heavy atom. The molecular weight excluding hydrogens is 292 g/mol. The van der Waals surface area contributed by atoms with E-state index in [4.69, 9.17) is 4.74 Å². The van der Waals surface area contributed by atoms with E-state index in [0.717, 1.165) is 5.69 Å². The van der Waals surface area contributed by atoms with E-state index in [9.17, 15) is 9.59 Å². The number of nitrogens with one attached hydrogen (secondary N) is 1. The van der Waals surface area contributed by atoms with Gasteiger partial charge in [-0.1, -0.05) is 18.2 Å². The highest BCUT2D eigenvalue weighted by atomic mass is 16.5. The maximum absolute atomic E-state index is 12.3. The third-order valence-corrected chi connectivity index (χ3v) is 3.88. The van der Waals surface area contributed by atoms with Crippen molar-refractivity contribution in [3.05, 3.63) is 60.2 Å². The molecule has 0 saturated carbocycles. The molecule has 1 aliphatic heterocycles. The van der Waals surface area contributed by atoms with E-state index < -0.39 is 0 Å². The van der Waals surface area contributed by atoms with E-state index in [2.05, 4.69) is 5.32 Å². The molecule has 0 spiro atoms. The van der Waals surface area contributed by atoms with E-state index in [1.165, 1.54) is 0 Å². The molecule has 0 unspecified atom stereocenters. The number of amides is 2. The molecule has 0 aromatic heterocycles. The first-order valence-electron chi connectivity index (χ1n) is 7.47.